The fraction of sp³-hybridized carbons (Fsp3) is 0.0870. The summed E-state index contributed by atoms with van der Waals surface area (Å²) in [5.41, 5.74) is 2.92. The van der Waals surface area contributed by atoms with Crippen LogP contribution in [-0.2, 0) is 17.9 Å². The molecule has 0 atom stereocenters. The monoisotopic (exact) mass is 395 g/mol. The zero-order valence-electron chi connectivity index (χ0n) is 14.7. The number of amides is 1. The first-order chi connectivity index (χ1) is 13.1. The highest BCUT2D eigenvalue weighted by Crippen LogP contribution is 2.22. The van der Waals surface area contributed by atoms with Crippen LogP contribution in [0.5, 0.6) is 0 Å². The number of halogens is 2. The summed E-state index contributed by atoms with van der Waals surface area (Å²) in [6.45, 7) is 1.07. The minimum Gasteiger partial charge on any atom is -0.331 e. The molecule has 0 unspecified atom stereocenters. The summed E-state index contributed by atoms with van der Waals surface area (Å²) in [6, 6.07) is 25.1. The number of benzene rings is 3. The van der Waals surface area contributed by atoms with Gasteiger partial charge in [-0.1, -0.05) is 89.9 Å². The SMILES string of the molecule is O=C(/C=C/c1ccc(Cl)cc1Cl)N(Cc1ccccc1)Cc1ccccc1. The summed E-state index contributed by atoms with van der Waals surface area (Å²) in [5, 5.41) is 1.09. The van der Waals surface area contributed by atoms with Crippen molar-refractivity contribution in [2.45, 2.75) is 13.1 Å². The Kier molecular flexibility index (Phi) is 6.69. The van der Waals surface area contributed by atoms with E-state index in [1.54, 1.807) is 30.4 Å². The molecule has 0 aromatic heterocycles. The fourth-order valence-electron chi connectivity index (χ4n) is 2.72. The minimum absolute atomic E-state index is 0.0753. The first kappa shape index (κ1) is 19.2. The average Bonchev–Trinajstić information content (AvgIpc) is 2.68. The summed E-state index contributed by atoms with van der Waals surface area (Å²) in [7, 11) is 0. The van der Waals surface area contributed by atoms with Crippen molar-refractivity contribution in [2.75, 3.05) is 0 Å². The first-order valence-corrected chi connectivity index (χ1v) is 9.37. The predicted octanol–water partition coefficient (Wildman–Crippen LogP) is 6.24. The third-order valence-electron chi connectivity index (χ3n) is 4.11. The van der Waals surface area contributed by atoms with E-state index in [4.69, 9.17) is 23.2 Å². The normalized spacial score (nSPS) is 10.9. The molecule has 0 aliphatic rings. The lowest BCUT2D eigenvalue weighted by Crippen LogP contribution is -2.28. The van der Waals surface area contributed by atoms with E-state index in [1.165, 1.54) is 0 Å². The lowest BCUT2D eigenvalue weighted by molar-refractivity contribution is -0.127. The van der Waals surface area contributed by atoms with E-state index in [0.717, 1.165) is 16.7 Å². The number of hydrogen-bond donors (Lipinski definition) is 0. The topological polar surface area (TPSA) is 20.3 Å². The molecule has 3 aromatic rings. The molecule has 0 saturated carbocycles. The van der Waals surface area contributed by atoms with Crippen molar-refractivity contribution in [3.63, 3.8) is 0 Å². The maximum Gasteiger partial charge on any atom is 0.247 e. The van der Waals surface area contributed by atoms with E-state index in [1.807, 2.05) is 65.6 Å². The molecule has 3 aromatic carbocycles. The Bertz CT molecular complexity index is 882. The highest BCUT2D eigenvalue weighted by molar-refractivity contribution is 6.35. The molecule has 0 aliphatic heterocycles. The Labute approximate surface area is 169 Å². The van der Waals surface area contributed by atoms with E-state index in [-0.39, 0.29) is 5.91 Å². The maximum atomic E-state index is 12.9. The maximum absolute atomic E-state index is 12.9. The van der Waals surface area contributed by atoms with Crippen LogP contribution in [0.3, 0.4) is 0 Å². The lowest BCUT2D eigenvalue weighted by Gasteiger charge is -2.21. The molecule has 27 heavy (non-hydrogen) atoms. The Morgan fingerprint density at radius 3 is 1.89 bits per heavy atom. The zero-order valence-corrected chi connectivity index (χ0v) is 16.2. The molecule has 0 heterocycles. The van der Waals surface area contributed by atoms with Gasteiger partial charge >= 0.3 is 0 Å². The molecular formula is C23H19Cl2NO. The van der Waals surface area contributed by atoms with Gasteiger partial charge in [-0.3, -0.25) is 4.79 Å². The van der Waals surface area contributed by atoms with Gasteiger partial charge in [-0.15, -0.1) is 0 Å². The summed E-state index contributed by atoms with van der Waals surface area (Å²) < 4.78 is 0. The van der Waals surface area contributed by atoms with Gasteiger partial charge in [-0.25, -0.2) is 0 Å². The standard InChI is InChI=1S/C23H19Cl2NO/c24-21-13-11-20(22(25)15-21)12-14-23(27)26(16-18-7-3-1-4-8-18)17-19-9-5-2-6-10-19/h1-15H,16-17H2/b14-12+. The Morgan fingerprint density at radius 1 is 0.815 bits per heavy atom. The van der Waals surface area contributed by atoms with Crippen molar-refractivity contribution < 1.29 is 4.79 Å². The molecule has 0 spiro atoms. The molecule has 4 heteroatoms. The second kappa shape index (κ2) is 9.40. The van der Waals surface area contributed by atoms with E-state index >= 15 is 0 Å². The van der Waals surface area contributed by atoms with Crippen molar-refractivity contribution in [1.82, 2.24) is 4.90 Å². The van der Waals surface area contributed by atoms with Crippen molar-refractivity contribution >= 4 is 35.2 Å². The molecule has 0 bridgehead atoms. The van der Waals surface area contributed by atoms with Gasteiger partial charge in [0.05, 0.1) is 0 Å². The third-order valence-corrected chi connectivity index (χ3v) is 4.67. The van der Waals surface area contributed by atoms with Crippen LogP contribution in [0.15, 0.2) is 84.9 Å². The lowest BCUT2D eigenvalue weighted by atomic mass is 10.1. The first-order valence-electron chi connectivity index (χ1n) is 8.62. The molecule has 0 fully saturated rings. The third kappa shape index (κ3) is 5.72. The predicted molar refractivity (Wildman–Crippen MR) is 113 cm³/mol. The number of rotatable bonds is 6. The smallest absolute Gasteiger partial charge is 0.247 e. The van der Waals surface area contributed by atoms with E-state index in [0.29, 0.717) is 23.1 Å². The molecule has 0 N–H and O–H groups in total. The zero-order chi connectivity index (χ0) is 19.1. The van der Waals surface area contributed by atoms with Crippen molar-refractivity contribution in [3.05, 3.63) is 112 Å². The number of carbonyl (C=O) groups is 1. The Morgan fingerprint density at radius 2 is 1.37 bits per heavy atom. The van der Waals surface area contributed by atoms with Crippen molar-refractivity contribution in [1.29, 1.82) is 0 Å². The largest absolute Gasteiger partial charge is 0.331 e. The fourth-order valence-corrected chi connectivity index (χ4v) is 3.19. The van der Waals surface area contributed by atoms with Gasteiger partial charge in [0.25, 0.3) is 0 Å². The molecule has 0 radical (unpaired) electrons. The Hall–Kier alpha value is -2.55. The van der Waals surface area contributed by atoms with Gasteiger partial charge in [0.2, 0.25) is 5.91 Å². The second-order valence-electron chi connectivity index (χ2n) is 6.16. The minimum atomic E-state index is -0.0753. The van der Waals surface area contributed by atoms with Gasteiger partial charge in [-0.2, -0.15) is 0 Å². The van der Waals surface area contributed by atoms with Crippen molar-refractivity contribution in [3.8, 4) is 0 Å². The van der Waals surface area contributed by atoms with Crippen LogP contribution in [0, 0.1) is 0 Å². The molecule has 2 nitrogen and oxygen atoms in total. The van der Waals surface area contributed by atoms with E-state index in [2.05, 4.69) is 0 Å². The molecule has 3 rings (SSSR count). The van der Waals surface area contributed by atoms with Gasteiger partial charge in [0, 0.05) is 29.2 Å². The summed E-state index contributed by atoms with van der Waals surface area (Å²) >= 11 is 12.1. The van der Waals surface area contributed by atoms with Crippen molar-refractivity contribution in [2.24, 2.45) is 0 Å². The van der Waals surface area contributed by atoms with Crippen LogP contribution < -0.4 is 0 Å². The molecule has 0 saturated heterocycles. The second-order valence-corrected chi connectivity index (χ2v) is 7.01. The molecule has 0 aliphatic carbocycles. The van der Waals surface area contributed by atoms with Gasteiger partial charge < -0.3 is 4.90 Å². The van der Waals surface area contributed by atoms with Crippen LogP contribution in [0.25, 0.3) is 6.08 Å². The summed E-state index contributed by atoms with van der Waals surface area (Å²) in [5.74, 6) is -0.0753. The Balaban J connectivity index is 1.80. The van der Waals surface area contributed by atoms with E-state index in [9.17, 15) is 4.79 Å². The molecule has 136 valence electrons. The summed E-state index contributed by atoms with van der Waals surface area (Å²) in [6.07, 6.45) is 3.28. The van der Waals surface area contributed by atoms with Gasteiger partial charge in [0.1, 0.15) is 0 Å². The number of hydrogen-bond acceptors (Lipinski definition) is 1. The van der Waals surface area contributed by atoms with E-state index < -0.39 is 0 Å². The highest BCUT2D eigenvalue weighted by Gasteiger charge is 2.12. The van der Waals surface area contributed by atoms with Crippen LogP contribution in [0.1, 0.15) is 16.7 Å². The molecule has 1 amide bonds. The molecular weight excluding hydrogens is 377 g/mol. The summed E-state index contributed by atoms with van der Waals surface area (Å²) in [4.78, 5) is 14.7. The average molecular weight is 396 g/mol. The van der Waals surface area contributed by atoms with Gasteiger partial charge in [0.15, 0.2) is 0 Å². The van der Waals surface area contributed by atoms with Crippen LogP contribution in [-0.4, -0.2) is 10.8 Å². The highest BCUT2D eigenvalue weighted by atomic mass is 35.5. The number of nitrogens with zero attached hydrogens (tertiary/aromatic N) is 1. The quantitative estimate of drug-likeness (QED) is 0.452. The van der Waals surface area contributed by atoms with Gasteiger partial charge in [-0.05, 0) is 34.9 Å². The van der Waals surface area contributed by atoms with Crippen LogP contribution in [0.4, 0.5) is 0 Å². The van der Waals surface area contributed by atoms with Crippen LogP contribution >= 0.6 is 23.2 Å². The number of carbonyl (C=O) groups excluding carboxylic acids is 1. The van der Waals surface area contributed by atoms with Crippen LogP contribution in [0.2, 0.25) is 10.0 Å².